The number of fused-ring (bicyclic) bond motifs is 3. The summed E-state index contributed by atoms with van der Waals surface area (Å²) in [6.07, 6.45) is -1.73. The summed E-state index contributed by atoms with van der Waals surface area (Å²) in [5.41, 5.74) is 1.44. The van der Waals surface area contributed by atoms with Crippen LogP contribution in [0.2, 0.25) is 5.02 Å². The lowest BCUT2D eigenvalue weighted by atomic mass is 9.95. The molecule has 7 nitrogen and oxygen atoms in total. The zero-order valence-corrected chi connectivity index (χ0v) is 19.7. The average molecular weight is 511 g/mol. The van der Waals surface area contributed by atoms with E-state index in [-0.39, 0.29) is 19.0 Å². The minimum Gasteiger partial charge on any atom is -0.493 e. The van der Waals surface area contributed by atoms with Gasteiger partial charge >= 0.3 is 6.18 Å². The first-order valence-electron chi connectivity index (χ1n) is 11.2. The number of methoxy groups -OCH3 is 1. The van der Waals surface area contributed by atoms with Gasteiger partial charge in [-0.05, 0) is 36.6 Å². The highest BCUT2D eigenvalue weighted by Crippen LogP contribution is 2.36. The zero-order valence-electron chi connectivity index (χ0n) is 18.9. The summed E-state index contributed by atoms with van der Waals surface area (Å²) in [4.78, 5) is 7.54. The van der Waals surface area contributed by atoms with Crippen LogP contribution >= 0.6 is 11.6 Å². The molecule has 0 aliphatic carbocycles. The molecule has 4 heterocycles. The Morgan fingerprint density at radius 1 is 1.11 bits per heavy atom. The normalized spacial score (nSPS) is 17.1. The lowest BCUT2D eigenvalue weighted by Crippen LogP contribution is -2.34. The molecule has 0 atom stereocenters. The first kappa shape index (κ1) is 23.8. The van der Waals surface area contributed by atoms with E-state index in [1.54, 1.807) is 12.1 Å². The van der Waals surface area contributed by atoms with Crippen molar-refractivity contribution < 1.29 is 22.3 Å². The fourth-order valence-electron chi connectivity index (χ4n) is 4.87. The van der Waals surface area contributed by atoms with E-state index in [9.17, 15) is 17.6 Å². The van der Waals surface area contributed by atoms with E-state index in [2.05, 4.69) is 15.2 Å². The summed E-state index contributed by atoms with van der Waals surface area (Å²) in [7, 11) is 1.48. The van der Waals surface area contributed by atoms with Gasteiger partial charge in [-0.3, -0.25) is 9.47 Å². The van der Waals surface area contributed by atoms with Gasteiger partial charge in [-0.15, -0.1) is 10.2 Å². The molecule has 2 aliphatic heterocycles. The molecular formula is C23H23ClF4N6O. The molecule has 0 unspecified atom stereocenters. The molecule has 1 fully saturated rings. The summed E-state index contributed by atoms with van der Waals surface area (Å²) in [6.45, 7) is 0.345. The van der Waals surface area contributed by atoms with Gasteiger partial charge in [0.1, 0.15) is 11.6 Å². The molecule has 1 aromatic carbocycles. The Morgan fingerprint density at radius 2 is 1.89 bits per heavy atom. The number of aromatic nitrogens is 4. The average Bonchev–Trinajstić information content (AvgIpc) is 3.15. The number of ether oxygens (including phenoxy) is 1. The molecule has 0 spiro atoms. The van der Waals surface area contributed by atoms with Gasteiger partial charge in [0.15, 0.2) is 17.4 Å². The van der Waals surface area contributed by atoms with Crippen LogP contribution in [-0.4, -0.2) is 57.6 Å². The fraction of sp³-hybridized carbons (Fsp3) is 0.435. The van der Waals surface area contributed by atoms with Crippen LogP contribution in [0.1, 0.15) is 36.0 Å². The molecule has 2 aromatic heterocycles. The number of pyridine rings is 1. The van der Waals surface area contributed by atoms with E-state index in [4.69, 9.17) is 16.3 Å². The molecule has 186 valence electrons. The molecule has 0 amide bonds. The van der Waals surface area contributed by atoms with Crippen LogP contribution in [-0.2, 0) is 13.1 Å². The standard InChI is InChI=1S/C23H23ClF4N6O/c1-35-19-9-17(25)10-29-22(19)33-6-4-14(5-7-33)21-31-30-20-12-32(13-23(26,27)28)11-15-8-16(24)2-3-18(15)34(20)21/h2-3,8-10,14H,4-7,11-13H2,1H3. The van der Waals surface area contributed by atoms with Crippen LogP contribution in [0.25, 0.3) is 5.69 Å². The molecule has 12 heteroatoms. The highest BCUT2D eigenvalue weighted by Gasteiger charge is 2.35. The van der Waals surface area contributed by atoms with E-state index in [1.165, 1.54) is 18.1 Å². The smallest absolute Gasteiger partial charge is 0.401 e. The van der Waals surface area contributed by atoms with Gasteiger partial charge in [0, 0.05) is 36.6 Å². The molecule has 35 heavy (non-hydrogen) atoms. The number of benzene rings is 1. The monoisotopic (exact) mass is 510 g/mol. The van der Waals surface area contributed by atoms with Gasteiger partial charge in [0.2, 0.25) is 0 Å². The van der Waals surface area contributed by atoms with Crippen LogP contribution in [0.15, 0.2) is 30.5 Å². The third-order valence-corrected chi connectivity index (χ3v) is 6.61. The third-order valence-electron chi connectivity index (χ3n) is 6.38. The van der Waals surface area contributed by atoms with Crippen LogP contribution < -0.4 is 9.64 Å². The van der Waals surface area contributed by atoms with Crippen molar-refractivity contribution in [2.45, 2.75) is 38.0 Å². The highest BCUT2D eigenvalue weighted by atomic mass is 35.5. The molecule has 5 rings (SSSR count). The van der Waals surface area contributed by atoms with Crippen LogP contribution in [0.3, 0.4) is 0 Å². The second-order valence-corrected chi connectivity index (χ2v) is 9.22. The van der Waals surface area contributed by atoms with Crippen LogP contribution in [0.4, 0.5) is 23.4 Å². The maximum absolute atomic E-state index is 13.6. The van der Waals surface area contributed by atoms with E-state index >= 15 is 0 Å². The maximum atomic E-state index is 13.6. The number of halogens is 5. The Labute approximate surface area is 204 Å². The van der Waals surface area contributed by atoms with Crippen molar-refractivity contribution >= 4 is 17.4 Å². The Hall–Kier alpha value is -2.92. The van der Waals surface area contributed by atoms with E-state index in [0.717, 1.165) is 30.6 Å². The number of nitrogens with zero attached hydrogens (tertiary/aromatic N) is 6. The van der Waals surface area contributed by atoms with Crippen molar-refractivity contribution in [2.24, 2.45) is 0 Å². The number of alkyl halides is 3. The van der Waals surface area contributed by atoms with Crippen molar-refractivity contribution in [1.29, 1.82) is 0 Å². The minimum absolute atomic E-state index is 0.0222. The molecule has 2 aliphatic rings. The predicted molar refractivity (Wildman–Crippen MR) is 121 cm³/mol. The van der Waals surface area contributed by atoms with Gasteiger partial charge in [-0.1, -0.05) is 11.6 Å². The first-order chi connectivity index (χ1) is 16.7. The lowest BCUT2D eigenvalue weighted by Gasteiger charge is -2.33. The molecule has 0 saturated carbocycles. The third kappa shape index (κ3) is 4.92. The predicted octanol–water partition coefficient (Wildman–Crippen LogP) is 4.73. The number of anilines is 1. The Bertz CT molecular complexity index is 1230. The molecular weight excluding hydrogens is 488 g/mol. The number of hydrogen-bond acceptors (Lipinski definition) is 6. The molecule has 3 aromatic rings. The number of piperidine rings is 1. The Balaban J connectivity index is 1.43. The van der Waals surface area contributed by atoms with E-state index in [0.29, 0.717) is 41.1 Å². The topological polar surface area (TPSA) is 59.3 Å². The van der Waals surface area contributed by atoms with Gasteiger partial charge < -0.3 is 9.64 Å². The van der Waals surface area contributed by atoms with Crippen LogP contribution in [0, 0.1) is 5.82 Å². The zero-order chi connectivity index (χ0) is 24.7. The lowest BCUT2D eigenvalue weighted by molar-refractivity contribution is -0.148. The molecule has 1 saturated heterocycles. The quantitative estimate of drug-likeness (QED) is 0.473. The largest absolute Gasteiger partial charge is 0.493 e. The van der Waals surface area contributed by atoms with Crippen molar-refractivity contribution in [3.05, 3.63) is 58.5 Å². The summed E-state index contributed by atoms with van der Waals surface area (Å²) in [6, 6.07) is 6.55. The van der Waals surface area contributed by atoms with Gasteiger partial charge in [-0.25, -0.2) is 9.37 Å². The van der Waals surface area contributed by atoms with Gasteiger partial charge in [0.05, 0.1) is 32.1 Å². The highest BCUT2D eigenvalue weighted by molar-refractivity contribution is 6.30. The Kier molecular flexibility index (Phi) is 6.30. The summed E-state index contributed by atoms with van der Waals surface area (Å²) < 4.78 is 60.3. The summed E-state index contributed by atoms with van der Waals surface area (Å²) in [5.74, 6) is 1.71. The maximum Gasteiger partial charge on any atom is 0.401 e. The van der Waals surface area contributed by atoms with Crippen molar-refractivity contribution in [2.75, 3.05) is 31.6 Å². The first-order valence-corrected chi connectivity index (χ1v) is 11.6. The summed E-state index contributed by atoms with van der Waals surface area (Å²) >= 11 is 6.18. The SMILES string of the molecule is COc1cc(F)cnc1N1CCC(c2nnc3n2-c2ccc(Cl)cc2CN(CC(F)(F)F)C3)CC1. The van der Waals surface area contributed by atoms with Gasteiger partial charge in [-0.2, -0.15) is 13.2 Å². The van der Waals surface area contributed by atoms with Crippen molar-refractivity contribution in [1.82, 2.24) is 24.6 Å². The second kappa shape index (κ2) is 9.27. The number of rotatable bonds is 4. The summed E-state index contributed by atoms with van der Waals surface area (Å²) in [5, 5.41) is 9.17. The van der Waals surface area contributed by atoms with Gasteiger partial charge in [0.25, 0.3) is 0 Å². The Morgan fingerprint density at radius 3 is 2.60 bits per heavy atom. The molecule has 0 N–H and O–H groups in total. The van der Waals surface area contributed by atoms with E-state index in [1.807, 2.05) is 15.5 Å². The molecule has 0 radical (unpaired) electrons. The minimum atomic E-state index is -4.33. The van der Waals surface area contributed by atoms with E-state index < -0.39 is 18.5 Å². The fourth-order valence-corrected chi connectivity index (χ4v) is 5.07. The second-order valence-electron chi connectivity index (χ2n) is 8.78. The number of hydrogen-bond donors (Lipinski definition) is 0. The van der Waals surface area contributed by atoms with Crippen LogP contribution in [0.5, 0.6) is 5.75 Å². The van der Waals surface area contributed by atoms with Crippen molar-refractivity contribution in [3.63, 3.8) is 0 Å². The van der Waals surface area contributed by atoms with Crippen molar-refractivity contribution in [3.8, 4) is 11.4 Å². The molecule has 0 bridgehead atoms.